The van der Waals surface area contributed by atoms with Gasteiger partial charge in [-0.05, 0) is 6.42 Å². The number of esters is 1. The van der Waals surface area contributed by atoms with Crippen molar-refractivity contribution in [2.24, 2.45) is 0 Å². The van der Waals surface area contributed by atoms with Crippen molar-refractivity contribution in [3.8, 4) is 0 Å². The first kappa shape index (κ1) is 14.6. The van der Waals surface area contributed by atoms with Crippen molar-refractivity contribution < 1.29 is 19.7 Å². The van der Waals surface area contributed by atoms with E-state index in [2.05, 4.69) is 11.3 Å². The molecule has 0 aliphatic rings. The highest BCUT2D eigenvalue weighted by Gasteiger charge is 2.02. The van der Waals surface area contributed by atoms with Gasteiger partial charge in [-0.1, -0.05) is 19.9 Å². The normalized spacial score (nSPS) is 8.31. The van der Waals surface area contributed by atoms with Crippen molar-refractivity contribution in [2.45, 2.75) is 19.8 Å². The zero-order valence-corrected chi connectivity index (χ0v) is 8.25. The molecule has 0 aliphatic heterocycles. The summed E-state index contributed by atoms with van der Waals surface area (Å²) >= 11 is 0. The average Bonchev–Trinajstić information content (AvgIpc) is 2.17. The van der Waals surface area contributed by atoms with E-state index < -0.39 is 0 Å². The Kier molecular flexibility index (Phi) is 12.5. The summed E-state index contributed by atoms with van der Waals surface area (Å²) in [7, 11) is 1.36. The smallest absolute Gasteiger partial charge is 0.333 e. The average molecular weight is 190 g/mol. The van der Waals surface area contributed by atoms with Gasteiger partial charge in [0.05, 0.1) is 20.3 Å². The summed E-state index contributed by atoms with van der Waals surface area (Å²) in [5, 5.41) is 15.2. The second-order valence-corrected chi connectivity index (χ2v) is 2.29. The first-order valence-corrected chi connectivity index (χ1v) is 4.11. The van der Waals surface area contributed by atoms with Crippen LogP contribution in [0.25, 0.3) is 0 Å². The lowest BCUT2D eigenvalue weighted by molar-refractivity contribution is -0.136. The van der Waals surface area contributed by atoms with Gasteiger partial charge in [-0.25, -0.2) is 4.79 Å². The number of rotatable bonds is 4. The molecule has 0 saturated heterocycles. The number of carbonyl (C=O) groups is 1. The molecule has 0 bridgehead atoms. The van der Waals surface area contributed by atoms with Crippen molar-refractivity contribution in [2.75, 3.05) is 20.3 Å². The minimum atomic E-state index is -0.295. The minimum Gasteiger partial charge on any atom is -0.466 e. The minimum absolute atomic E-state index is 0.125. The Hall–Kier alpha value is -0.870. The SMILES string of the molecule is C=C(CCC)C(=O)OC.OCCO. The predicted octanol–water partition coefficient (Wildman–Crippen LogP) is 0.487. The third-order valence-electron chi connectivity index (χ3n) is 1.13. The molecule has 0 spiro atoms. The Labute approximate surface area is 78.8 Å². The van der Waals surface area contributed by atoms with Crippen LogP contribution in [0.5, 0.6) is 0 Å². The highest BCUT2D eigenvalue weighted by molar-refractivity contribution is 5.87. The molecule has 0 aromatic heterocycles. The molecule has 0 heterocycles. The van der Waals surface area contributed by atoms with E-state index in [0.29, 0.717) is 5.57 Å². The molecule has 0 amide bonds. The van der Waals surface area contributed by atoms with Gasteiger partial charge < -0.3 is 14.9 Å². The summed E-state index contributed by atoms with van der Waals surface area (Å²) in [5.74, 6) is -0.295. The summed E-state index contributed by atoms with van der Waals surface area (Å²) in [6.07, 6.45) is 1.67. The molecular weight excluding hydrogens is 172 g/mol. The molecule has 0 aromatic rings. The summed E-state index contributed by atoms with van der Waals surface area (Å²) in [6, 6.07) is 0. The molecule has 0 fully saturated rings. The Morgan fingerprint density at radius 1 is 1.38 bits per heavy atom. The van der Waals surface area contributed by atoms with E-state index in [9.17, 15) is 4.79 Å². The maximum absolute atomic E-state index is 10.6. The molecule has 4 heteroatoms. The number of aliphatic hydroxyl groups excluding tert-OH is 2. The molecule has 0 aromatic carbocycles. The Balaban J connectivity index is 0. The van der Waals surface area contributed by atoms with Crippen molar-refractivity contribution in [3.63, 3.8) is 0 Å². The quantitative estimate of drug-likeness (QED) is 0.500. The van der Waals surface area contributed by atoms with Crippen molar-refractivity contribution >= 4 is 5.97 Å². The summed E-state index contributed by atoms with van der Waals surface area (Å²) in [5.41, 5.74) is 0.556. The van der Waals surface area contributed by atoms with Crippen molar-refractivity contribution in [3.05, 3.63) is 12.2 Å². The van der Waals surface area contributed by atoms with Crippen LogP contribution in [0.15, 0.2) is 12.2 Å². The summed E-state index contributed by atoms with van der Waals surface area (Å²) in [4.78, 5) is 10.6. The van der Waals surface area contributed by atoms with Gasteiger partial charge in [0.2, 0.25) is 0 Å². The standard InChI is InChI=1S/C7H12O2.C2H6O2/c1-4-5-6(2)7(8)9-3;3-1-2-4/h2,4-5H2,1,3H3;3-4H,1-2H2. The van der Waals surface area contributed by atoms with Gasteiger partial charge in [0, 0.05) is 5.57 Å². The Morgan fingerprint density at radius 3 is 2.08 bits per heavy atom. The van der Waals surface area contributed by atoms with Crippen LogP contribution in [0, 0.1) is 0 Å². The first-order valence-electron chi connectivity index (χ1n) is 4.11. The van der Waals surface area contributed by atoms with Gasteiger partial charge in [0.25, 0.3) is 0 Å². The van der Waals surface area contributed by atoms with Crippen LogP contribution in [-0.4, -0.2) is 36.5 Å². The third kappa shape index (κ3) is 11.1. The lowest BCUT2D eigenvalue weighted by Gasteiger charge is -1.98. The van der Waals surface area contributed by atoms with Crippen LogP contribution in [0.1, 0.15) is 19.8 Å². The van der Waals surface area contributed by atoms with E-state index in [0.717, 1.165) is 12.8 Å². The molecule has 2 N–H and O–H groups in total. The molecule has 0 aliphatic carbocycles. The zero-order valence-electron chi connectivity index (χ0n) is 8.25. The highest BCUT2D eigenvalue weighted by atomic mass is 16.5. The van der Waals surface area contributed by atoms with Crippen molar-refractivity contribution in [1.29, 1.82) is 0 Å². The molecule has 0 radical (unpaired) electrons. The number of hydrogen-bond acceptors (Lipinski definition) is 4. The van der Waals surface area contributed by atoms with Gasteiger partial charge >= 0.3 is 5.97 Å². The third-order valence-corrected chi connectivity index (χ3v) is 1.13. The van der Waals surface area contributed by atoms with E-state index in [1.54, 1.807) is 0 Å². The van der Waals surface area contributed by atoms with Gasteiger partial charge in [-0.15, -0.1) is 0 Å². The Morgan fingerprint density at radius 2 is 1.85 bits per heavy atom. The molecular formula is C9H18O4. The van der Waals surface area contributed by atoms with Crippen LogP contribution in [0.2, 0.25) is 0 Å². The van der Waals surface area contributed by atoms with Gasteiger partial charge in [-0.2, -0.15) is 0 Å². The summed E-state index contributed by atoms with van der Waals surface area (Å²) < 4.78 is 4.43. The van der Waals surface area contributed by atoms with Crippen LogP contribution in [0.4, 0.5) is 0 Å². The maximum atomic E-state index is 10.6. The van der Waals surface area contributed by atoms with E-state index in [1.807, 2.05) is 6.92 Å². The number of methoxy groups -OCH3 is 1. The van der Waals surface area contributed by atoms with Gasteiger partial charge in [0.15, 0.2) is 0 Å². The first-order chi connectivity index (χ1) is 6.13. The lowest BCUT2D eigenvalue weighted by atomic mass is 10.2. The fraction of sp³-hybridized carbons (Fsp3) is 0.667. The fourth-order valence-corrected chi connectivity index (χ4v) is 0.548. The largest absolute Gasteiger partial charge is 0.466 e. The topological polar surface area (TPSA) is 66.8 Å². The monoisotopic (exact) mass is 190 g/mol. The molecule has 0 saturated carbocycles. The number of hydrogen-bond donors (Lipinski definition) is 2. The number of aliphatic hydroxyl groups is 2. The van der Waals surface area contributed by atoms with E-state index in [1.165, 1.54) is 7.11 Å². The molecule has 78 valence electrons. The highest BCUT2D eigenvalue weighted by Crippen LogP contribution is 2.02. The van der Waals surface area contributed by atoms with Crippen LogP contribution < -0.4 is 0 Å². The second kappa shape index (κ2) is 11.1. The zero-order chi connectivity index (χ0) is 10.7. The number of ether oxygens (including phenoxy) is 1. The van der Waals surface area contributed by atoms with Crippen LogP contribution >= 0.6 is 0 Å². The van der Waals surface area contributed by atoms with E-state index in [4.69, 9.17) is 10.2 Å². The van der Waals surface area contributed by atoms with Gasteiger partial charge in [-0.3, -0.25) is 0 Å². The lowest BCUT2D eigenvalue weighted by Crippen LogP contribution is -2.02. The Bertz CT molecular complexity index is 141. The van der Waals surface area contributed by atoms with Crippen LogP contribution in [0.3, 0.4) is 0 Å². The maximum Gasteiger partial charge on any atom is 0.333 e. The van der Waals surface area contributed by atoms with E-state index >= 15 is 0 Å². The van der Waals surface area contributed by atoms with Crippen molar-refractivity contribution in [1.82, 2.24) is 0 Å². The molecule has 0 atom stereocenters. The molecule has 4 nitrogen and oxygen atoms in total. The molecule has 13 heavy (non-hydrogen) atoms. The second-order valence-electron chi connectivity index (χ2n) is 2.29. The predicted molar refractivity (Wildman–Crippen MR) is 50.2 cm³/mol. The number of carbonyl (C=O) groups excluding carboxylic acids is 1. The molecule has 0 rings (SSSR count). The van der Waals surface area contributed by atoms with Crippen LogP contribution in [-0.2, 0) is 9.53 Å². The van der Waals surface area contributed by atoms with Gasteiger partial charge in [0.1, 0.15) is 0 Å². The molecule has 0 unspecified atom stereocenters. The fourth-order valence-electron chi connectivity index (χ4n) is 0.548. The summed E-state index contributed by atoms with van der Waals surface area (Å²) in [6.45, 7) is 5.28. The van der Waals surface area contributed by atoms with E-state index in [-0.39, 0.29) is 19.2 Å².